The van der Waals surface area contributed by atoms with Crippen LogP contribution in [0.2, 0.25) is 10.0 Å². The second-order valence-corrected chi connectivity index (χ2v) is 17.9. The van der Waals surface area contributed by atoms with Crippen molar-refractivity contribution in [2.45, 2.75) is 196 Å². The molecule has 0 radical (unpaired) electrons. The van der Waals surface area contributed by atoms with E-state index < -0.39 is 0 Å². The second kappa shape index (κ2) is 30.2. The van der Waals surface area contributed by atoms with Crippen LogP contribution in [-0.4, -0.2) is 39.6 Å². The van der Waals surface area contributed by atoms with Gasteiger partial charge >= 0.3 is 0 Å². The summed E-state index contributed by atoms with van der Waals surface area (Å²) >= 11 is 15.4. The third-order valence-electron chi connectivity index (χ3n) is 11.8. The fourth-order valence-electron chi connectivity index (χ4n) is 8.10. The molecule has 0 unspecified atom stereocenters. The van der Waals surface area contributed by atoms with Crippen molar-refractivity contribution in [3.05, 3.63) is 34.3 Å². The maximum absolute atomic E-state index is 7.70. The van der Waals surface area contributed by atoms with Crippen molar-refractivity contribution in [3.63, 3.8) is 0 Å². The van der Waals surface area contributed by atoms with Gasteiger partial charge in [0, 0.05) is 10.8 Å². The number of rotatable bonds is 36. The Labute approximate surface area is 386 Å². The van der Waals surface area contributed by atoms with Crippen LogP contribution in [0.15, 0.2) is 24.3 Å². The predicted molar refractivity (Wildman–Crippen MR) is 267 cm³/mol. The van der Waals surface area contributed by atoms with Gasteiger partial charge in [-0.2, -0.15) is 0 Å². The molecule has 0 aliphatic rings. The third kappa shape index (κ3) is 15.6. The second-order valence-electron chi connectivity index (χ2n) is 17.2. The highest BCUT2D eigenvalue weighted by molar-refractivity contribution is 6.46. The molecule has 0 amide bonds. The first-order valence-corrected chi connectivity index (χ1v) is 25.9. The minimum Gasteiger partial charge on any atom is -0.490 e. The fourth-order valence-corrected chi connectivity index (χ4v) is 8.80. The first-order chi connectivity index (χ1) is 30.4. The van der Waals surface area contributed by atoms with Crippen molar-refractivity contribution < 1.29 is 28.4 Å². The highest BCUT2D eigenvalue weighted by Crippen LogP contribution is 2.53. The molecule has 8 heteroatoms. The first kappa shape index (κ1) is 51.7. The summed E-state index contributed by atoms with van der Waals surface area (Å²) in [5, 5.41) is 6.49. The van der Waals surface area contributed by atoms with Crippen molar-refractivity contribution in [1.82, 2.24) is 0 Å². The van der Waals surface area contributed by atoms with E-state index in [4.69, 9.17) is 51.6 Å². The van der Waals surface area contributed by atoms with E-state index in [1.165, 1.54) is 57.8 Å². The molecule has 0 fully saturated rings. The average molecular weight is 898 g/mol. The molecule has 348 valence electrons. The Kier molecular flexibility index (Phi) is 25.2. The summed E-state index contributed by atoms with van der Waals surface area (Å²) < 4.78 is 39.9. The van der Waals surface area contributed by atoms with Crippen LogP contribution in [0.4, 0.5) is 0 Å². The van der Waals surface area contributed by atoms with Crippen LogP contribution in [0.5, 0.6) is 34.5 Å². The molecule has 0 aromatic heterocycles. The summed E-state index contributed by atoms with van der Waals surface area (Å²) in [4.78, 5) is 0. The van der Waals surface area contributed by atoms with Gasteiger partial charge in [-0.3, -0.25) is 0 Å². The number of hydrogen-bond donors (Lipinski definition) is 0. The van der Waals surface area contributed by atoms with Crippen molar-refractivity contribution in [3.8, 4) is 34.5 Å². The van der Waals surface area contributed by atoms with Crippen LogP contribution in [0, 0.1) is 0 Å². The predicted octanol–water partition coefficient (Wildman–Crippen LogP) is 18.2. The van der Waals surface area contributed by atoms with Gasteiger partial charge in [-0.15, -0.1) is 0 Å². The molecule has 4 aromatic rings. The number of halogens is 2. The van der Waals surface area contributed by atoms with Gasteiger partial charge in [-0.1, -0.05) is 180 Å². The summed E-state index contributed by atoms with van der Waals surface area (Å²) in [6.45, 7) is 16.9. The van der Waals surface area contributed by atoms with Gasteiger partial charge in [-0.25, -0.2) is 0 Å². The Hall–Kier alpha value is -2.96. The van der Waals surface area contributed by atoms with Crippen molar-refractivity contribution in [1.29, 1.82) is 0 Å². The zero-order valence-corrected chi connectivity index (χ0v) is 41.2. The monoisotopic (exact) mass is 897 g/mol. The quantitative estimate of drug-likeness (QED) is 0.0335. The van der Waals surface area contributed by atoms with Crippen molar-refractivity contribution in [2.24, 2.45) is 0 Å². The number of fused-ring (bicyclic) bond motifs is 6. The molecule has 0 saturated carbocycles. The molecule has 0 aliphatic carbocycles. The molecule has 0 aliphatic heterocycles. The summed E-state index contributed by atoms with van der Waals surface area (Å²) in [7, 11) is 0. The van der Waals surface area contributed by atoms with Gasteiger partial charge in [-0.05, 0) is 84.3 Å². The van der Waals surface area contributed by atoms with E-state index in [-0.39, 0.29) is 0 Å². The fraction of sp³-hybridized carbons (Fsp3) is 0.667. The van der Waals surface area contributed by atoms with Crippen molar-refractivity contribution in [2.75, 3.05) is 39.6 Å². The van der Waals surface area contributed by atoms with E-state index in [2.05, 4.69) is 65.8 Å². The van der Waals surface area contributed by atoms with Gasteiger partial charge in [0.2, 0.25) is 0 Å². The van der Waals surface area contributed by atoms with E-state index >= 15 is 0 Å². The Balaban J connectivity index is 2.04. The van der Waals surface area contributed by atoms with Gasteiger partial charge in [0.1, 0.15) is 0 Å². The van der Waals surface area contributed by atoms with Gasteiger partial charge < -0.3 is 28.4 Å². The Morgan fingerprint density at radius 3 is 0.871 bits per heavy atom. The van der Waals surface area contributed by atoms with E-state index in [1.54, 1.807) is 0 Å². The zero-order chi connectivity index (χ0) is 44.4. The largest absolute Gasteiger partial charge is 0.490 e. The van der Waals surface area contributed by atoms with E-state index in [0.717, 1.165) is 140 Å². The van der Waals surface area contributed by atoms with Crippen LogP contribution < -0.4 is 28.4 Å². The van der Waals surface area contributed by atoms with E-state index in [1.807, 2.05) is 0 Å². The van der Waals surface area contributed by atoms with Gasteiger partial charge in [0.05, 0.1) is 49.7 Å². The number of ether oxygens (including phenoxy) is 6. The maximum atomic E-state index is 7.70. The molecule has 0 heterocycles. The molecule has 62 heavy (non-hydrogen) atoms. The zero-order valence-electron chi connectivity index (χ0n) is 39.7. The molecule has 0 saturated heterocycles. The lowest BCUT2D eigenvalue weighted by Gasteiger charge is -2.22. The topological polar surface area (TPSA) is 55.4 Å². The van der Waals surface area contributed by atoms with Crippen LogP contribution >= 0.6 is 23.2 Å². The molecule has 4 rings (SSSR count). The lowest BCUT2D eigenvalue weighted by molar-refractivity contribution is 0.259. The number of unbranched alkanes of at least 4 members (excludes halogenated alkanes) is 18. The molecular weight excluding hydrogens is 815 g/mol. The average Bonchev–Trinajstić information content (AvgIpc) is 3.27. The summed E-state index contributed by atoms with van der Waals surface area (Å²) in [6, 6.07) is 8.52. The number of benzene rings is 4. The van der Waals surface area contributed by atoms with Crippen molar-refractivity contribution >= 4 is 55.5 Å². The Morgan fingerprint density at radius 2 is 0.548 bits per heavy atom. The third-order valence-corrected chi connectivity index (χ3v) is 12.5. The van der Waals surface area contributed by atoms with Crippen LogP contribution in [-0.2, 0) is 0 Å². The minimum atomic E-state index is 0.518. The Morgan fingerprint density at radius 1 is 0.290 bits per heavy atom. The molecule has 6 nitrogen and oxygen atoms in total. The SMILES string of the molecule is CCCCCCOc1cc2c(cc1OCCCCCC)c1c(Cl)c(OCCCCCC)c(OCCCCCC)cc1c1c(Cl)c(OCCCCCC)c(OCCCCCC)cc21. The summed E-state index contributed by atoms with van der Waals surface area (Å²) in [5.41, 5.74) is 0. The minimum absolute atomic E-state index is 0.518. The molecule has 4 aromatic carbocycles. The smallest absolute Gasteiger partial charge is 0.180 e. The molecular formula is C54H82Cl2O6. The molecule has 0 N–H and O–H groups in total. The van der Waals surface area contributed by atoms with Gasteiger partial charge in [0.15, 0.2) is 34.5 Å². The van der Waals surface area contributed by atoms with E-state index in [9.17, 15) is 0 Å². The maximum Gasteiger partial charge on any atom is 0.180 e. The highest BCUT2D eigenvalue weighted by atomic mass is 35.5. The lowest BCUT2D eigenvalue weighted by Crippen LogP contribution is -2.06. The molecule has 0 bridgehead atoms. The van der Waals surface area contributed by atoms with Gasteiger partial charge in [0.25, 0.3) is 0 Å². The van der Waals surface area contributed by atoms with Crippen LogP contribution in [0.25, 0.3) is 32.3 Å². The standard InChI is InChI=1S/C54H82Cl2O6/c1-7-13-19-25-31-57-45-37-41-42(38-46(45)58-32-26-20-14-8-2)49-44(40-48(60-34-28-22-16-10-4)54(51(49)55)62-36-30-24-18-12-6)50-43(41)39-47(59-33-27-21-15-9-3)53(52(50)56)61-35-29-23-17-11-5/h37-40H,7-36H2,1-6H3. The van der Waals surface area contributed by atoms with Crippen LogP contribution in [0.3, 0.4) is 0 Å². The molecule has 0 spiro atoms. The normalized spacial score (nSPS) is 11.5. The Bertz CT molecular complexity index is 1810. The molecule has 0 atom stereocenters. The highest BCUT2D eigenvalue weighted by Gasteiger charge is 2.26. The summed E-state index contributed by atoms with van der Waals surface area (Å²) in [6.07, 6.45) is 26.5. The lowest BCUT2D eigenvalue weighted by atomic mass is 9.92. The first-order valence-electron chi connectivity index (χ1n) is 25.1. The number of hydrogen-bond acceptors (Lipinski definition) is 6. The van der Waals surface area contributed by atoms with Crippen LogP contribution in [0.1, 0.15) is 196 Å². The summed E-state index contributed by atoms with van der Waals surface area (Å²) in [5.74, 6) is 3.93. The van der Waals surface area contributed by atoms with E-state index in [0.29, 0.717) is 72.7 Å².